The molecule has 0 spiro atoms. The molecule has 3 rings (SSSR count). The van der Waals surface area contributed by atoms with Gasteiger partial charge in [-0.1, -0.05) is 35.9 Å². The molecule has 3 aromatic rings. The lowest BCUT2D eigenvalue weighted by molar-refractivity contribution is -0.139. The molecule has 0 heterocycles. The second-order valence-electron chi connectivity index (χ2n) is 7.44. The fourth-order valence-corrected chi connectivity index (χ4v) is 4.17. The fourth-order valence-electron chi connectivity index (χ4n) is 3.18. The molecule has 33 heavy (non-hydrogen) atoms. The highest BCUT2D eigenvalue weighted by molar-refractivity contribution is 7.82. The minimum atomic E-state index is -4.53. The Bertz CT molecular complexity index is 1160. The molecule has 0 aliphatic heterocycles. The minimum Gasteiger partial charge on any atom is -0.481 e. The Morgan fingerprint density at radius 1 is 1.06 bits per heavy atom. The Labute approximate surface area is 192 Å². The number of carboxylic acids is 1. The van der Waals surface area contributed by atoms with Crippen LogP contribution in [0.25, 0.3) is 11.1 Å². The first-order valence-corrected chi connectivity index (χ1v) is 11.0. The first-order valence-electron chi connectivity index (χ1n) is 9.89. The Morgan fingerprint density at radius 3 is 2.39 bits per heavy atom. The van der Waals surface area contributed by atoms with Crippen molar-refractivity contribution in [1.82, 2.24) is 4.31 Å². The number of ether oxygens (including phenoxy) is 1. The van der Waals surface area contributed by atoms with Crippen LogP contribution in [0.1, 0.15) is 16.7 Å². The van der Waals surface area contributed by atoms with E-state index in [0.29, 0.717) is 16.0 Å². The number of hydrogen-bond donors (Lipinski definition) is 1. The summed E-state index contributed by atoms with van der Waals surface area (Å²) in [5.74, 6) is -1.06. The van der Waals surface area contributed by atoms with E-state index in [4.69, 9.17) is 9.84 Å². The molecule has 0 amide bonds. The van der Waals surface area contributed by atoms with E-state index in [9.17, 15) is 22.2 Å². The highest BCUT2D eigenvalue weighted by Crippen LogP contribution is 2.36. The number of hydrogen-bond acceptors (Lipinski definition) is 3. The van der Waals surface area contributed by atoms with Gasteiger partial charge in [0.1, 0.15) is 16.7 Å². The molecule has 0 aliphatic rings. The normalized spacial score (nSPS) is 12.5. The summed E-state index contributed by atoms with van der Waals surface area (Å²) in [4.78, 5) is 11.6. The molecule has 1 atom stereocenters. The van der Waals surface area contributed by atoms with E-state index in [1.165, 1.54) is 18.2 Å². The van der Waals surface area contributed by atoms with E-state index in [1.807, 2.05) is 19.1 Å². The molecule has 0 saturated carbocycles. The van der Waals surface area contributed by atoms with Crippen LogP contribution in [0.4, 0.5) is 13.2 Å². The molecular weight excluding hydrogens is 455 g/mol. The molecule has 5 nitrogen and oxygen atoms in total. The molecule has 0 aliphatic carbocycles. The Kier molecular flexibility index (Phi) is 7.55. The van der Waals surface area contributed by atoms with Crippen LogP contribution >= 0.6 is 0 Å². The second-order valence-corrected chi connectivity index (χ2v) is 9.03. The summed E-state index contributed by atoms with van der Waals surface area (Å²) < 4.78 is 59.4. The summed E-state index contributed by atoms with van der Waals surface area (Å²) in [5, 5.41) is 8.93. The zero-order valence-electron chi connectivity index (χ0n) is 17.9. The van der Waals surface area contributed by atoms with Crippen LogP contribution in [0.3, 0.4) is 0 Å². The van der Waals surface area contributed by atoms with Gasteiger partial charge in [-0.15, -0.1) is 0 Å². The van der Waals surface area contributed by atoms with Gasteiger partial charge in [0, 0.05) is 19.2 Å². The molecule has 0 bridgehead atoms. The van der Waals surface area contributed by atoms with Gasteiger partial charge in [-0.05, 0) is 54.4 Å². The van der Waals surface area contributed by atoms with Crippen LogP contribution < -0.4 is 4.74 Å². The van der Waals surface area contributed by atoms with E-state index < -0.39 is 35.3 Å². The van der Waals surface area contributed by atoms with Crippen molar-refractivity contribution < 1.29 is 32.0 Å². The Balaban J connectivity index is 1.93. The standard InChI is InChI=1S/C24H22F3NO4S/c1-16-6-9-20(10-7-16)33(31)28(2)14-17-8-11-22(32-15-23(29)30)21(12-17)18-4-3-5-19(13-18)24(25,26)27/h3-13H,14-15H2,1-2H3,(H,29,30). The van der Waals surface area contributed by atoms with Crippen molar-refractivity contribution >= 4 is 17.0 Å². The molecule has 0 saturated heterocycles. The number of benzene rings is 3. The number of aliphatic carboxylic acids is 1. The molecule has 1 N–H and O–H groups in total. The molecule has 0 aromatic heterocycles. The molecule has 3 aromatic carbocycles. The van der Waals surface area contributed by atoms with Crippen molar-refractivity contribution in [2.75, 3.05) is 13.7 Å². The Hall–Kier alpha value is -3.17. The average Bonchev–Trinajstić information content (AvgIpc) is 2.77. The summed E-state index contributed by atoms with van der Waals surface area (Å²) in [5.41, 5.74) is 1.44. The first kappa shape index (κ1) is 24.5. The smallest absolute Gasteiger partial charge is 0.416 e. The average molecular weight is 478 g/mol. The van der Waals surface area contributed by atoms with E-state index in [0.717, 1.165) is 17.7 Å². The van der Waals surface area contributed by atoms with Crippen LogP contribution in [-0.2, 0) is 28.5 Å². The molecule has 9 heteroatoms. The maximum absolute atomic E-state index is 13.2. The van der Waals surface area contributed by atoms with E-state index in [-0.39, 0.29) is 17.9 Å². The van der Waals surface area contributed by atoms with Gasteiger partial charge in [-0.2, -0.15) is 13.2 Å². The van der Waals surface area contributed by atoms with Crippen LogP contribution in [0, 0.1) is 6.92 Å². The zero-order chi connectivity index (χ0) is 24.2. The van der Waals surface area contributed by atoms with Gasteiger partial charge in [-0.3, -0.25) is 0 Å². The van der Waals surface area contributed by atoms with Gasteiger partial charge in [-0.25, -0.2) is 13.3 Å². The second kappa shape index (κ2) is 10.2. The van der Waals surface area contributed by atoms with Gasteiger partial charge >= 0.3 is 12.1 Å². The molecule has 0 radical (unpaired) electrons. The van der Waals surface area contributed by atoms with Crippen LogP contribution in [-0.4, -0.2) is 33.2 Å². The van der Waals surface area contributed by atoms with Crippen LogP contribution in [0.2, 0.25) is 0 Å². The quantitative estimate of drug-likeness (QED) is 0.478. The summed E-state index contributed by atoms with van der Waals surface area (Å²) in [6.07, 6.45) is -4.53. The van der Waals surface area contributed by atoms with E-state index in [2.05, 4.69) is 0 Å². The summed E-state index contributed by atoms with van der Waals surface area (Å²) in [6.45, 7) is 1.54. The first-order chi connectivity index (χ1) is 15.5. The van der Waals surface area contributed by atoms with E-state index >= 15 is 0 Å². The van der Waals surface area contributed by atoms with Crippen LogP contribution in [0.15, 0.2) is 71.6 Å². The highest BCUT2D eigenvalue weighted by Gasteiger charge is 2.30. The number of carbonyl (C=O) groups is 1. The maximum atomic E-state index is 13.2. The highest BCUT2D eigenvalue weighted by atomic mass is 32.2. The summed E-state index contributed by atoms with van der Waals surface area (Å²) >= 11 is 0. The number of alkyl halides is 3. The lowest BCUT2D eigenvalue weighted by Crippen LogP contribution is -2.21. The van der Waals surface area contributed by atoms with Gasteiger partial charge in [0.25, 0.3) is 0 Å². The molecule has 174 valence electrons. The third kappa shape index (κ3) is 6.43. The number of carboxylic acid groups (broad SMARTS) is 1. The van der Waals surface area contributed by atoms with Crippen molar-refractivity contribution in [3.63, 3.8) is 0 Å². The number of rotatable bonds is 8. The number of halogens is 3. The van der Waals surface area contributed by atoms with Crippen molar-refractivity contribution in [2.24, 2.45) is 0 Å². The lowest BCUT2D eigenvalue weighted by Gasteiger charge is -2.18. The third-order valence-corrected chi connectivity index (χ3v) is 6.18. The number of aryl methyl sites for hydroxylation is 1. The minimum absolute atomic E-state index is 0.141. The summed E-state index contributed by atoms with van der Waals surface area (Å²) in [6, 6.07) is 16.8. The monoisotopic (exact) mass is 477 g/mol. The molecule has 0 fully saturated rings. The van der Waals surface area contributed by atoms with Crippen molar-refractivity contribution in [3.8, 4) is 16.9 Å². The van der Waals surface area contributed by atoms with Gasteiger partial charge in [0.2, 0.25) is 0 Å². The fraction of sp³-hybridized carbons (Fsp3) is 0.208. The zero-order valence-corrected chi connectivity index (χ0v) is 18.7. The largest absolute Gasteiger partial charge is 0.481 e. The summed E-state index contributed by atoms with van der Waals surface area (Å²) in [7, 11) is 0.233. The predicted octanol–water partition coefficient (Wildman–Crippen LogP) is 5.30. The van der Waals surface area contributed by atoms with Gasteiger partial charge in [0.05, 0.1) is 10.5 Å². The number of nitrogens with zero attached hydrogens (tertiary/aromatic N) is 1. The molecular formula is C24H22F3NO4S. The van der Waals surface area contributed by atoms with Gasteiger partial charge < -0.3 is 9.84 Å². The lowest BCUT2D eigenvalue weighted by atomic mass is 9.99. The maximum Gasteiger partial charge on any atom is 0.416 e. The third-order valence-electron chi connectivity index (χ3n) is 4.81. The van der Waals surface area contributed by atoms with Crippen molar-refractivity contribution in [1.29, 1.82) is 0 Å². The van der Waals surface area contributed by atoms with Crippen LogP contribution in [0.5, 0.6) is 5.75 Å². The molecule has 1 unspecified atom stereocenters. The Morgan fingerprint density at radius 2 is 1.76 bits per heavy atom. The topological polar surface area (TPSA) is 66.8 Å². The predicted molar refractivity (Wildman–Crippen MR) is 119 cm³/mol. The van der Waals surface area contributed by atoms with Crippen molar-refractivity contribution in [2.45, 2.75) is 24.5 Å². The van der Waals surface area contributed by atoms with Crippen molar-refractivity contribution in [3.05, 3.63) is 83.4 Å². The van der Waals surface area contributed by atoms with Gasteiger partial charge in [0.15, 0.2) is 6.61 Å². The SMILES string of the molecule is Cc1ccc(S(=O)N(C)Cc2ccc(OCC(=O)O)c(-c3cccc(C(F)(F)F)c3)c2)cc1. The van der Waals surface area contributed by atoms with E-state index in [1.54, 1.807) is 35.6 Å².